The van der Waals surface area contributed by atoms with Crippen LogP contribution in [0.25, 0.3) is 0 Å². The van der Waals surface area contributed by atoms with Gasteiger partial charge in [0.15, 0.2) is 0 Å². The molecule has 4 heteroatoms. The van der Waals surface area contributed by atoms with Crippen LogP contribution < -0.4 is 0 Å². The Labute approximate surface area is 148 Å². The summed E-state index contributed by atoms with van der Waals surface area (Å²) in [6, 6.07) is 17.9. The van der Waals surface area contributed by atoms with Gasteiger partial charge in [-0.15, -0.1) is 0 Å². The Hall–Kier alpha value is -2.62. The molecule has 1 saturated heterocycles. The van der Waals surface area contributed by atoms with E-state index in [4.69, 9.17) is 0 Å². The van der Waals surface area contributed by atoms with Gasteiger partial charge in [0.25, 0.3) is 5.91 Å². The lowest BCUT2D eigenvalue weighted by atomic mass is 9.99. The molecular formula is C21H23NO3. The smallest absolute Gasteiger partial charge is 0.308 e. The number of carboxylic acids is 1. The molecule has 2 atom stereocenters. The normalized spacial score (nSPS) is 19.8. The number of carbonyl (C=O) groups excluding carboxylic acids is 1. The summed E-state index contributed by atoms with van der Waals surface area (Å²) in [6.07, 6.45) is 1.66. The summed E-state index contributed by atoms with van der Waals surface area (Å²) in [5.74, 6) is -1.36. The van der Waals surface area contributed by atoms with E-state index < -0.39 is 11.9 Å². The monoisotopic (exact) mass is 337 g/mol. The lowest BCUT2D eigenvalue weighted by molar-refractivity contribution is -0.142. The van der Waals surface area contributed by atoms with E-state index in [1.807, 2.05) is 49.4 Å². The summed E-state index contributed by atoms with van der Waals surface area (Å²) in [5, 5.41) is 9.28. The van der Waals surface area contributed by atoms with Gasteiger partial charge in [0.05, 0.1) is 5.92 Å². The molecule has 1 N–H and O–H groups in total. The van der Waals surface area contributed by atoms with E-state index in [-0.39, 0.29) is 11.8 Å². The molecule has 25 heavy (non-hydrogen) atoms. The first-order valence-electron chi connectivity index (χ1n) is 8.70. The van der Waals surface area contributed by atoms with Crippen LogP contribution in [-0.2, 0) is 17.6 Å². The second-order valence-electron chi connectivity index (χ2n) is 6.77. The van der Waals surface area contributed by atoms with Gasteiger partial charge in [-0.05, 0) is 36.0 Å². The molecule has 130 valence electrons. The molecule has 0 radical (unpaired) electrons. The topological polar surface area (TPSA) is 57.6 Å². The van der Waals surface area contributed by atoms with Crippen molar-refractivity contribution in [3.63, 3.8) is 0 Å². The van der Waals surface area contributed by atoms with Gasteiger partial charge in [0.2, 0.25) is 0 Å². The molecule has 1 aliphatic rings. The van der Waals surface area contributed by atoms with Gasteiger partial charge in [0, 0.05) is 18.7 Å². The summed E-state index contributed by atoms with van der Waals surface area (Å²) in [7, 11) is 0. The van der Waals surface area contributed by atoms with Crippen LogP contribution in [0.3, 0.4) is 0 Å². The molecule has 0 spiro atoms. The standard InChI is InChI=1S/C21H23NO3/c1-15-13-22(14-19(15)21(24)25)20(23)18-10-6-5-9-17(18)12-11-16-7-3-2-4-8-16/h2-10,15,19H,11-14H2,1H3,(H,24,25)/t15-,19-/m1/s1. The fraction of sp³-hybridized carbons (Fsp3) is 0.333. The number of carboxylic acid groups (broad SMARTS) is 1. The van der Waals surface area contributed by atoms with Gasteiger partial charge in [-0.1, -0.05) is 55.5 Å². The lowest BCUT2D eigenvalue weighted by Gasteiger charge is -2.18. The van der Waals surface area contributed by atoms with Gasteiger partial charge in [-0.2, -0.15) is 0 Å². The van der Waals surface area contributed by atoms with Crippen LogP contribution in [0.5, 0.6) is 0 Å². The molecule has 0 aromatic heterocycles. The van der Waals surface area contributed by atoms with E-state index in [2.05, 4.69) is 12.1 Å². The molecule has 1 aliphatic heterocycles. The quantitative estimate of drug-likeness (QED) is 0.911. The van der Waals surface area contributed by atoms with Crippen LogP contribution in [0.1, 0.15) is 28.4 Å². The predicted molar refractivity (Wildman–Crippen MR) is 96.5 cm³/mol. The van der Waals surface area contributed by atoms with Crippen molar-refractivity contribution < 1.29 is 14.7 Å². The Bertz CT molecular complexity index is 757. The van der Waals surface area contributed by atoms with E-state index in [1.54, 1.807) is 4.90 Å². The van der Waals surface area contributed by atoms with Crippen molar-refractivity contribution >= 4 is 11.9 Å². The van der Waals surface area contributed by atoms with E-state index in [0.29, 0.717) is 18.7 Å². The first-order chi connectivity index (χ1) is 12.1. The Morgan fingerprint density at radius 2 is 1.68 bits per heavy atom. The molecule has 3 rings (SSSR count). The van der Waals surface area contributed by atoms with Gasteiger partial charge in [-0.3, -0.25) is 9.59 Å². The van der Waals surface area contributed by atoms with Crippen molar-refractivity contribution in [3.05, 3.63) is 71.3 Å². The minimum atomic E-state index is -0.819. The van der Waals surface area contributed by atoms with Crippen LogP contribution in [0.2, 0.25) is 0 Å². The van der Waals surface area contributed by atoms with Crippen LogP contribution in [-0.4, -0.2) is 35.0 Å². The number of carbonyl (C=O) groups is 2. The molecule has 2 aromatic rings. The summed E-state index contributed by atoms with van der Waals surface area (Å²) in [4.78, 5) is 25.9. The highest BCUT2D eigenvalue weighted by Crippen LogP contribution is 2.26. The van der Waals surface area contributed by atoms with Crippen LogP contribution >= 0.6 is 0 Å². The Balaban J connectivity index is 1.74. The summed E-state index contributed by atoms with van der Waals surface area (Å²) < 4.78 is 0. The van der Waals surface area contributed by atoms with E-state index in [1.165, 1.54) is 5.56 Å². The van der Waals surface area contributed by atoms with Gasteiger partial charge in [-0.25, -0.2) is 0 Å². The van der Waals surface area contributed by atoms with Gasteiger partial charge < -0.3 is 10.0 Å². The number of aliphatic carboxylic acids is 1. The number of likely N-dealkylation sites (tertiary alicyclic amines) is 1. The number of amides is 1. The maximum atomic E-state index is 12.9. The zero-order valence-corrected chi connectivity index (χ0v) is 14.4. The molecule has 0 unspecified atom stereocenters. The Morgan fingerprint density at radius 3 is 2.36 bits per heavy atom. The highest BCUT2D eigenvalue weighted by molar-refractivity contribution is 5.96. The number of hydrogen-bond donors (Lipinski definition) is 1. The molecule has 2 aromatic carbocycles. The zero-order valence-electron chi connectivity index (χ0n) is 14.4. The summed E-state index contributed by atoms with van der Waals surface area (Å²) >= 11 is 0. The third-order valence-electron chi connectivity index (χ3n) is 4.99. The first kappa shape index (κ1) is 17.2. The minimum Gasteiger partial charge on any atom is -0.481 e. The minimum absolute atomic E-state index is 0.0158. The van der Waals surface area contributed by atoms with E-state index >= 15 is 0 Å². The Kier molecular flexibility index (Phi) is 5.17. The Morgan fingerprint density at radius 1 is 1.00 bits per heavy atom. The molecule has 1 heterocycles. The SMILES string of the molecule is C[C@@H]1CN(C(=O)c2ccccc2CCc2ccccc2)C[C@H]1C(=O)O. The van der Waals surface area contributed by atoms with Gasteiger partial charge >= 0.3 is 5.97 Å². The number of benzene rings is 2. The van der Waals surface area contributed by atoms with Crippen LogP contribution in [0.15, 0.2) is 54.6 Å². The number of hydrogen-bond acceptors (Lipinski definition) is 2. The lowest BCUT2D eigenvalue weighted by Crippen LogP contribution is -2.30. The molecule has 0 aliphatic carbocycles. The van der Waals surface area contributed by atoms with Gasteiger partial charge in [0.1, 0.15) is 0 Å². The zero-order chi connectivity index (χ0) is 17.8. The number of nitrogens with zero attached hydrogens (tertiary/aromatic N) is 1. The first-order valence-corrected chi connectivity index (χ1v) is 8.70. The third-order valence-corrected chi connectivity index (χ3v) is 4.99. The van der Waals surface area contributed by atoms with Crippen molar-refractivity contribution in [1.29, 1.82) is 0 Å². The van der Waals surface area contributed by atoms with Crippen LogP contribution in [0, 0.1) is 11.8 Å². The van der Waals surface area contributed by atoms with Crippen molar-refractivity contribution in [2.75, 3.05) is 13.1 Å². The highest BCUT2D eigenvalue weighted by Gasteiger charge is 2.37. The average Bonchev–Trinajstić information content (AvgIpc) is 3.02. The van der Waals surface area contributed by atoms with Crippen molar-refractivity contribution in [2.45, 2.75) is 19.8 Å². The van der Waals surface area contributed by atoms with E-state index in [0.717, 1.165) is 18.4 Å². The maximum absolute atomic E-state index is 12.9. The number of aryl methyl sites for hydroxylation is 2. The molecule has 0 saturated carbocycles. The second-order valence-corrected chi connectivity index (χ2v) is 6.77. The second kappa shape index (κ2) is 7.51. The summed E-state index contributed by atoms with van der Waals surface area (Å²) in [5.41, 5.74) is 2.95. The fourth-order valence-electron chi connectivity index (χ4n) is 3.50. The van der Waals surface area contributed by atoms with Crippen molar-refractivity contribution in [1.82, 2.24) is 4.90 Å². The maximum Gasteiger partial charge on any atom is 0.308 e. The fourth-order valence-corrected chi connectivity index (χ4v) is 3.50. The molecule has 1 fully saturated rings. The summed E-state index contributed by atoms with van der Waals surface area (Å²) in [6.45, 7) is 2.69. The molecular weight excluding hydrogens is 314 g/mol. The average molecular weight is 337 g/mol. The largest absolute Gasteiger partial charge is 0.481 e. The predicted octanol–water partition coefficient (Wildman–Crippen LogP) is 3.26. The number of rotatable bonds is 5. The molecule has 0 bridgehead atoms. The van der Waals surface area contributed by atoms with Crippen molar-refractivity contribution in [2.24, 2.45) is 11.8 Å². The molecule has 4 nitrogen and oxygen atoms in total. The third kappa shape index (κ3) is 3.90. The van der Waals surface area contributed by atoms with Crippen molar-refractivity contribution in [3.8, 4) is 0 Å². The highest BCUT2D eigenvalue weighted by atomic mass is 16.4. The van der Waals surface area contributed by atoms with E-state index in [9.17, 15) is 14.7 Å². The molecule has 1 amide bonds. The van der Waals surface area contributed by atoms with Crippen LogP contribution in [0.4, 0.5) is 0 Å².